The highest BCUT2D eigenvalue weighted by Gasteiger charge is 2.65. The summed E-state index contributed by atoms with van der Waals surface area (Å²) in [5, 5.41) is 0. The molecule has 2 aliphatic rings. The van der Waals surface area contributed by atoms with Crippen molar-refractivity contribution in [3.63, 3.8) is 0 Å². The van der Waals surface area contributed by atoms with Crippen molar-refractivity contribution in [2.75, 3.05) is 6.26 Å². The standard InChI is InChI=1S/C11H18OS/c1-10(2)7-5-11(3,13-4)6-8(12)9(7)10/h7,9H,5-6H2,1-4H3. The number of rotatable bonds is 1. The average Bonchev–Trinajstić information content (AvgIpc) is 2.54. The highest BCUT2D eigenvalue weighted by atomic mass is 32.2. The molecule has 13 heavy (non-hydrogen) atoms. The van der Waals surface area contributed by atoms with Gasteiger partial charge in [-0.25, -0.2) is 0 Å². The van der Waals surface area contributed by atoms with E-state index in [-0.39, 0.29) is 4.75 Å². The third kappa shape index (κ3) is 1.25. The molecule has 1 nitrogen and oxygen atoms in total. The molecule has 0 spiro atoms. The topological polar surface area (TPSA) is 17.1 Å². The molecular formula is C11H18OS. The molecule has 0 aromatic rings. The third-order valence-corrected chi connectivity index (χ3v) is 5.39. The van der Waals surface area contributed by atoms with Gasteiger partial charge in [0.05, 0.1) is 0 Å². The van der Waals surface area contributed by atoms with Gasteiger partial charge in [-0.1, -0.05) is 20.8 Å². The zero-order valence-corrected chi connectivity index (χ0v) is 9.70. The Morgan fingerprint density at radius 3 is 2.46 bits per heavy atom. The number of ketones is 1. The Morgan fingerprint density at radius 2 is 2.00 bits per heavy atom. The Balaban J connectivity index is 2.19. The van der Waals surface area contributed by atoms with E-state index in [4.69, 9.17) is 0 Å². The molecule has 2 fully saturated rings. The van der Waals surface area contributed by atoms with Gasteiger partial charge in [-0.05, 0) is 24.0 Å². The molecule has 0 N–H and O–H groups in total. The Bertz CT molecular complexity index is 259. The predicted octanol–water partition coefficient (Wildman–Crippen LogP) is 2.74. The molecule has 0 aromatic heterocycles. The third-order valence-electron chi connectivity index (χ3n) is 4.09. The predicted molar refractivity (Wildman–Crippen MR) is 56.9 cm³/mol. The van der Waals surface area contributed by atoms with Crippen LogP contribution in [0.4, 0.5) is 0 Å². The highest BCUT2D eigenvalue weighted by Crippen LogP contribution is 2.66. The van der Waals surface area contributed by atoms with Crippen LogP contribution in [0.1, 0.15) is 33.6 Å². The van der Waals surface area contributed by atoms with Crippen LogP contribution in [-0.2, 0) is 4.79 Å². The minimum Gasteiger partial charge on any atom is -0.299 e. The number of hydrogen-bond donors (Lipinski definition) is 0. The van der Waals surface area contributed by atoms with Gasteiger partial charge in [0.25, 0.3) is 0 Å². The Labute approximate surface area is 84.7 Å². The Morgan fingerprint density at radius 1 is 1.38 bits per heavy atom. The summed E-state index contributed by atoms with van der Waals surface area (Å²) in [6, 6.07) is 0. The zero-order valence-electron chi connectivity index (χ0n) is 8.89. The van der Waals surface area contributed by atoms with Gasteiger partial charge < -0.3 is 0 Å². The number of carbonyl (C=O) groups is 1. The molecule has 0 bridgehead atoms. The zero-order chi connectivity index (χ0) is 9.85. The first-order chi connectivity index (χ1) is 5.91. The molecular weight excluding hydrogens is 180 g/mol. The van der Waals surface area contributed by atoms with Gasteiger partial charge in [0, 0.05) is 17.1 Å². The fraction of sp³-hybridized carbons (Fsp3) is 0.909. The van der Waals surface area contributed by atoms with E-state index in [0.717, 1.165) is 6.42 Å². The fourth-order valence-electron chi connectivity index (χ4n) is 2.94. The van der Waals surface area contributed by atoms with Gasteiger partial charge in [-0.3, -0.25) is 4.79 Å². The van der Waals surface area contributed by atoms with E-state index in [1.54, 1.807) is 0 Å². The van der Waals surface area contributed by atoms with Gasteiger partial charge in [0.15, 0.2) is 0 Å². The lowest BCUT2D eigenvalue weighted by Crippen LogP contribution is -2.30. The quantitative estimate of drug-likeness (QED) is 0.644. The number of carbonyl (C=O) groups excluding carboxylic acids is 1. The van der Waals surface area contributed by atoms with E-state index in [1.165, 1.54) is 6.42 Å². The van der Waals surface area contributed by atoms with E-state index < -0.39 is 0 Å². The van der Waals surface area contributed by atoms with Crippen molar-refractivity contribution in [1.29, 1.82) is 0 Å². The van der Waals surface area contributed by atoms with E-state index in [1.807, 2.05) is 11.8 Å². The lowest BCUT2D eigenvalue weighted by atomic mass is 9.89. The van der Waals surface area contributed by atoms with Crippen LogP contribution in [0, 0.1) is 17.3 Å². The van der Waals surface area contributed by atoms with Gasteiger partial charge >= 0.3 is 0 Å². The first-order valence-electron chi connectivity index (χ1n) is 4.98. The minimum absolute atomic E-state index is 0.228. The van der Waals surface area contributed by atoms with Gasteiger partial charge in [0.1, 0.15) is 5.78 Å². The van der Waals surface area contributed by atoms with Gasteiger partial charge in [-0.2, -0.15) is 11.8 Å². The number of hydrogen-bond acceptors (Lipinski definition) is 2. The van der Waals surface area contributed by atoms with E-state index in [9.17, 15) is 4.79 Å². The first-order valence-corrected chi connectivity index (χ1v) is 6.21. The molecule has 0 radical (unpaired) electrons. The van der Waals surface area contributed by atoms with Crippen molar-refractivity contribution < 1.29 is 4.79 Å². The van der Waals surface area contributed by atoms with Crippen LogP contribution in [-0.4, -0.2) is 16.8 Å². The summed E-state index contributed by atoms with van der Waals surface area (Å²) in [5.41, 5.74) is 0.310. The summed E-state index contributed by atoms with van der Waals surface area (Å²) in [6.07, 6.45) is 4.15. The van der Waals surface area contributed by atoms with Gasteiger partial charge in [0.2, 0.25) is 0 Å². The normalized spacial score (nSPS) is 47.2. The van der Waals surface area contributed by atoms with Crippen LogP contribution in [0.25, 0.3) is 0 Å². The van der Waals surface area contributed by atoms with E-state index in [0.29, 0.717) is 23.0 Å². The summed E-state index contributed by atoms with van der Waals surface area (Å²) in [4.78, 5) is 11.8. The Hall–Kier alpha value is 0.0200. The fourth-order valence-corrected chi connectivity index (χ4v) is 3.57. The number of fused-ring (bicyclic) bond motifs is 1. The molecule has 0 amide bonds. The van der Waals surface area contributed by atoms with Crippen molar-refractivity contribution in [1.82, 2.24) is 0 Å². The maximum absolute atomic E-state index is 11.8. The Kier molecular flexibility index (Phi) is 1.86. The van der Waals surface area contributed by atoms with Crippen LogP contribution in [0.15, 0.2) is 0 Å². The SMILES string of the molecule is CSC1(C)CC(=O)C2C(C1)C2(C)C. The molecule has 74 valence electrons. The van der Waals surface area contributed by atoms with Crippen molar-refractivity contribution in [2.24, 2.45) is 17.3 Å². The van der Waals surface area contributed by atoms with Gasteiger partial charge in [-0.15, -0.1) is 0 Å². The summed E-state index contributed by atoms with van der Waals surface area (Å²) in [7, 11) is 0. The molecule has 0 aromatic carbocycles. The second kappa shape index (κ2) is 2.53. The number of Topliss-reactive ketones (excluding diaryl/α,β-unsaturated/α-hetero) is 1. The maximum Gasteiger partial charge on any atom is 0.138 e. The van der Waals surface area contributed by atoms with Crippen LogP contribution < -0.4 is 0 Å². The monoisotopic (exact) mass is 198 g/mol. The molecule has 0 heterocycles. The molecule has 2 aliphatic carbocycles. The largest absolute Gasteiger partial charge is 0.299 e. The van der Waals surface area contributed by atoms with Crippen molar-refractivity contribution in [3.05, 3.63) is 0 Å². The summed E-state index contributed by atoms with van der Waals surface area (Å²) >= 11 is 1.86. The summed E-state index contributed by atoms with van der Waals surface area (Å²) in [6.45, 7) is 6.72. The molecule has 2 saturated carbocycles. The lowest BCUT2D eigenvalue weighted by Gasteiger charge is -2.30. The second-order valence-electron chi connectivity index (χ2n) is 5.41. The lowest BCUT2D eigenvalue weighted by molar-refractivity contribution is -0.122. The smallest absolute Gasteiger partial charge is 0.138 e. The van der Waals surface area contributed by atoms with Crippen LogP contribution >= 0.6 is 11.8 Å². The number of thioether (sulfide) groups is 1. The second-order valence-corrected chi connectivity index (χ2v) is 6.80. The summed E-state index contributed by atoms with van der Waals surface area (Å²) in [5.74, 6) is 1.58. The van der Waals surface area contributed by atoms with Crippen LogP contribution in [0.3, 0.4) is 0 Å². The van der Waals surface area contributed by atoms with Crippen molar-refractivity contribution in [3.8, 4) is 0 Å². The molecule has 2 heteroatoms. The minimum atomic E-state index is 0.228. The van der Waals surface area contributed by atoms with Crippen molar-refractivity contribution >= 4 is 17.5 Å². The molecule has 2 rings (SSSR count). The summed E-state index contributed by atoms with van der Waals surface area (Å²) < 4.78 is 0.228. The molecule has 0 saturated heterocycles. The first kappa shape index (κ1) is 9.57. The van der Waals surface area contributed by atoms with E-state index in [2.05, 4.69) is 27.0 Å². The molecule has 3 unspecified atom stereocenters. The van der Waals surface area contributed by atoms with Crippen LogP contribution in [0.5, 0.6) is 0 Å². The average molecular weight is 198 g/mol. The maximum atomic E-state index is 11.8. The highest BCUT2D eigenvalue weighted by molar-refractivity contribution is 8.00. The molecule has 3 atom stereocenters. The molecule has 0 aliphatic heterocycles. The van der Waals surface area contributed by atoms with E-state index >= 15 is 0 Å². The van der Waals surface area contributed by atoms with Crippen molar-refractivity contribution in [2.45, 2.75) is 38.4 Å². The van der Waals surface area contributed by atoms with Crippen LogP contribution in [0.2, 0.25) is 0 Å².